The monoisotopic (exact) mass is 397 g/mol. The van der Waals surface area contributed by atoms with Crippen molar-refractivity contribution < 1.29 is 24.2 Å². The largest absolute Gasteiger partial charge is 0.466 e. The quantitative estimate of drug-likeness (QED) is 0.263. The maximum atomic E-state index is 12.1. The van der Waals surface area contributed by atoms with Gasteiger partial charge in [-0.3, -0.25) is 4.79 Å². The molecule has 0 aromatic carbocycles. The van der Waals surface area contributed by atoms with Crippen LogP contribution in [0.15, 0.2) is 11.8 Å². The van der Waals surface area contributed by atoms with Gasteiger partial charge in [0.25, 0.3) is 0 Å². The summed E-state index contributed by atoms with van der Waals surface area (Å²) >= 11 is 0. The Balaban J connectivity index is 2.33. The fourth-order valence-electron chi connectivity index (χ4n) is 3.62. The molecule has 2 N–H and O–H groups in total. The van der Waals surface area contributed by atoms with Crippen LogP contribution in [0, 0.1) is 5.92 Å². The number of carbonyl (C=O) groups excluding carboxylic acids is 2. The predicted molar refractivity (Wildman–Crippen MR) is 110 cm³/mol. The number of esters is 2. The topological polar surface area (TPSA) is 84.9 Å². The highest BCUT2D eigenvalue weighted by Gasteiger charge is 2.21. The highest BCUT2D eigenvalue weighted by molar-refractivity contribution is 5.87. The van der Waals surface area contributed by atoms with E-state index in [-0.39, 0.29) is 18.0 Å². The van der Waals surface area contributed by atoms with Crippen molar-refractivity contribution in [2.24, 2.45) is 5.92 Å². The Labute approximate surface area is 170 Å². The highest BCUT2D eigenvalue weighted by Crippen LogP contribution is 2.27. The van der Waals surface area contributed by atoms with Gasteiger partial charge in [-0.1, -0.05) is 31.8 Å². The van der Waals surface area contributed by atoms with Gasteiger partial charge in [0.15, 0.2) is 0 Å². The van der Waals surface area contributed by atoms with Crippen molar-refractivity contribution in [1.82, 2.24) is 5.32 Å². The summed E-state index contributed by atoms with van der Waals surface area (Å²) in [4.78, 5) is 23.4. The first-order valence-corrected chi connectivity index (χ1v) is 11.0. The Hall–Kier alpha value is -1.56. The fraction of sp³-hybridized carbons (Fsp3) is 0.818. The van der Waals surface area contributed by atoms with Crippen LogP contribution in [0.1, 0.15) is 84.5 Å². The maximum absolute atomic E-state index is 12.1. The van der Waals surface area contributed by atoms with Crippen LogP contribution in [0.5, 0.6) is 0 Å². The molecule has 0 saturated heterocycles. The molecule has 0 bridgehead atoms. The van der Waals surface area contributed by atoms with E-state index in [0.29, 0.717) is 44.2 Å². The van der Waals surface area contributed by atoms with Crippen molar-refractivity contribution >= 4 is 11.9 Å². The van der Waals surface area contributed by atoms with Gasteiger partial charge in [0.2, 0.25) is 0 Å². The normalized spacial score (nSPS) is 16.5. The van der Waals surface area contributed by atoms with Crippen LogP contribution in [-0.4, -0.2) is 42.9 Å². The van der Waals surface area contributed by atoms with E-state index in [2.05, 4.69) is 5.32 Å². The molecule has 0 aromatic heterocycles. The lowest BCUT2D eigenvalue weighted by atomic mass is 9.84. The maximum Gasteiger partial charge on any atom is 0.354 e. The highest BCUT2D eigenvalue weighted by atomic mass is 16.5. The van der Waals surface area contributed by atoms with Crippen LogP contribution in [0.25, 0.3) is 0 Å². The van der Waals surface area contributed by atoms with E-state index < -0.39 is 0 Å². The summed E-state index contributed by atoms with van der Waals surface area (Å²) in [6, 6.07) is 0. The number of unbranched alkanes of at least 4 members (excludes halogenated alkanes) is 3. The molecule has 0 radical (unpaired) electrons. The molecule has 1 atom stereocenters. The van der Waals surface area contributed by atoms with E-state index >= 15 is 0 Å². The minimum absolute atomic E-state index is 0.150. The Morgan fingerprint density at radius 1 is 1.07 bits per heavy atom. The fourth-order valence-corrected chi connectivity index (χ4v) is 3.62. The lowest BCUT2D eigenvalue weighted by Crippen LogP contribution is -2.29. The number of ether oxygens (including phenoxy) is 2. The van der Waals surface area contributed by atoms with Crippen LogP contribution in [0.2, 0.25) is 0 Å². The first-order valence-electron chi connectivity index (χ1n) is 11.0. The minimum atomic E-state index is -0.346. The van der Waals surface area contributed by atoms with Crippen LogP contribution in [0.4, 0.5) is 0 Å². The number of aliphatic hydroxyl groups excluding tert-OH is 1. The lowest BCUT2D eigenvalue weighted by molar-refractivity contribution is -0.143. The average Bonchev–Trinajstić information content (AvgIpc) is 2.70. The summed E-state index contributed by atoms with van der Waals surface area (Å²) in [5.74, 6) is -0.102. The minimum Gasteiger partial charge on any atom is -0.466 e. The predicted octanol–water partition coefficient (Wildman–Crippen LogP) is 3.87. The smallest absolute Gasteiger partial charge is 0.354 e. The van der Waals surface area contributed by atoms with Crippen molar-refractivity contribution in [3.8, 4) is 0 Å². The first-order chi connectivity index (χ1) is 13.6. The number of hydrogen-bond acceptors (Lipinski definition) is 6. The molecule has 162 valence electrons. The van der Waals surface area contributed by atoms with Crippen molar-refractivity contribution in [1.29, 1.82) is 0 Å². The van der Waals surface area contributed by atoms with Gasteiger partial charge in [0, 0.05) is 13.0 Å². The SMILES string of the molecule is CCOC(=O)CCCCC/C=C(/NCCC(O)C1CCCCC1)C(=O)OCC. The molecule has 1 aliphatic rings. The van der Waals surface area contributed by atoms with Gasteiger partial charge in [0.05, 0.1) is 19.3 Å². The molecular formula is C22H39NO5. The third kappa shape index (κ3) is 10.7. The Morgan fingerprint density at radius 2 is 1.79 bits per heavy atom. The zero-order valence-electron chi connectivity index (χ0n) is 17.7. The third-order valence-corrected chi connectivity index (χ3v) is 5.18. The number of carbonyl (C=O) groups is 2. The molecule has 0 aliphatic heterocycles. The summed E-state index contributed by atoms with van der Waals surface area (Å²) in [6.07, 6.45) is 11.9. The van der Waals surface area contributed by atoms with Crippen LogP contribution in [-0.2, 0) is 19.1 Å². The molecule has 1 aliphatic carbocycles. The van der Waals surface area contributed by atoms with Crippen LogP contribution >= 0.6 is 0 Å². The van der Waals surface area contributed by atoms with Gasteiger partial charge < -0.3 is 19.9 Å². The molecule has 0 heterocycles. The van der Waals surface area contributed by atoms with E-state index in [1.807, 2.05) is 6.08 Å². The number of nitrogens with one attached hydrogen (secondary N) is 1. The first kappa shape index (κ1) is 24.5. The van der Waals surface area contributed by atoms with Gasteiger partial charge >= 0.3 is 11.9 Å². The van der Waals surface area contributed by atoms with E-state index in [1.54, 1.807) is 13.8 Å². The van der Waals surface area contributed by atoms with Crippen LogP contribution < -0.4 is 5.32 Å². The summed E-state index contributed by atoms with van der Waals surface area (Å²) in [5.41, 5.74) is 0.475. The van der Waals surface area contributed by atoms with Gasteiger partial charge in [-0.25, -0.2) is 4.79 Å². The summed E-state index contributed by atoms with van der Waals surface area (Å²) in [6.45, 7) is 4.91. The molecule has 1 saturated carbocycles. The zero-order chi connectivity index (χ0) is 20.6. The van der Waals surface area contributed by atoms with E-state index in [4.69, 9.17) is 9.47 Å². The molecule has 6 heteroatoms. The second kappa shape index (κ2) is 15.4. The van der Waals surface area contributed by atoms with Crippen molar-refractivity contribution in [3.05, 3.63) is 11.8 Å². The summed E-state index contributed by atoms with van der Waals surface area (Å²) < 4.78 is 10.0. The standard InChI is InChI=1S/C22H39NO5/c1-3-27-21(25)15-11-6-5-10-14-19(22(26)28-4-2)23-17-16-20(24)18-12-8-7-9-13-18/h14,18,20,23-24H,3-13,15-17H2,1-2H3/b19-14+. The summed E-state index contributed by atoms with van der Waals surface area (Å²) in [5, 5.41) is 13.5. The molecule has 0 spiro atoms. The lowest BCUT2D eigenvalue weighted by Gasteiger charge is -2.26. The molecule has 28 heavy (non-hydrogen) atoms. The second-order valence-electron chi connectivity index (χ2n) is 7.42. The molecule has 1 fully saturated rings. The number of aliphatic hydroxyl groups is 1. The van der Waals surface area contributed by atoms with Crippen molar-refractivity contribution in [2.45, 2.75) is 90.6 Å². The van der Waals surface area contributed by atoms with E-state index in [0.717, 1.165) is 38.5 Å². The Bertz CT molecular complexity index is 472. The Morgan fingerprint density at radius 3 is 2.46 bits per heavy atom. The van der Waals surface area contributed by atoms with Gasteiger partial charge in [0.1, 0.15) is 5.70 Å². The molecule has 1 unspecified atom stereocenters. The zero-order valence-corrected chi connectivity index (χ0v) is 17.7. The second-order valence-corrected chi connectivity index (χ2v) is 7.42. The third-order valence-electron chi connectivity index (χ3n) is 5.18. The molecule has 0 aromatic rings. The summed E-state index contributed by atoms with van der Waals surface area (Å²) in [7, 11) is 0. The molecule has 6 nitrogen and oxygen atoms in total. The molecule has 0 amide bonds. The number of allylic oxidation sites excluding steroid dienone is 1. The number of hydrogen-bond donors (Lipinski definition) is 2. The molecule has 1 rings (SSSR count). The van der Waals surface area contributed by atoms with Crippen LogP contribution in [0.3, 0.4) is 0 Å². The average molecular weight is 398 g/mol. The van der Waals surface area contributed by atoms with E-state index in [1.165, 1.54) is 19.3 Å². The van der Waals surface area contributed by atoms with E-state index in [9.17, 15) is 14.7 Å². The van der Waals surface area contributed by atoms with Gasteiger partial charge in [-0.05, 0) is 58.3 Å². The van der Waals surface area contributed by atoms with Gasteiger partial charge in [-0.15, -0.1) is 0 Å². The van der Waals surface area contributed by atoms with Crippen molar-refractivity contribution in [2.75, 3.05) is 19.8 Å². The van der Waals surface area contributed by atoms with Gasteiger partial charge in [-0.2, -0.15) is 0 Å². The Kier molecular flexibility index (Phi) is 13.4. The molecular weight excluding hydrogens is 358 g/mol. The number of rotatable bonds is 14. The van der Waals surface area contributed by atoms with Crippen molar-refractivity contribution in [3.63, 3.8) is 0 Å².